The third kappa shape index (κ3) is 4.61. The van der Waals surface area contributed by atoms with Gasteiger partial charge in [0.15, 0.2) is 0 Å². The molecule has 1 unspecified atom stereocenters. The number of nitrogens with one attached hydrogen (secondary N) is 1. The molecular formula is C17H16Cl3NO2. The van der Waals surface area contributed by atoms with Crippen LogP contribution in [0.15, 0.2) is 42.5 Å². The number of benzene rings is 2. The number of hydrogen-bond acceptors (Lipinski definition) is 2. The van der Waals surface area contributed by atoms with Crippen molar-refractivity contribution in [2.75, 3.05) is 13.7 Å². The molecule has 6 heteroatoms. The lowest BCUT2D eigenvalue weighted by atomic mass is 9.95. The Morgan fingerprint density at radius 1 is 1.09 bits per heavy atom. The van der Waals surface area contributed by atoms with Gasteiger partial charge in [0.2, 0.25) is 0 Å². The molecule has 0 spiro atoms. The number of ether oxygens (including phenoxy) is 1. The first-order chi connectivity index (χ1) is 10.8. The van der Waals surface area contributed by atoms with Crippen molar-refractivity contribution in [1.29, 1.82) is 0 Å². The van der Waals surface area contributed by atoms with E-state index < -0.39 is 5.60 Å². The summed E-state index contributed by atoms with van der Waals surface area (Å²) in [5.41, 5.74) is 0.562. The molecule has 23 heavy (non-hydrogen) atoms. The summed E-state index contributed by atoms with van der Waals surface area (Å²) in [7, 11) is 1.59. The van der Waals surface area contributed by atoms with E-state index in [-0.39, 0.29) is 12.5 Å². The molecule has 2 aromatic carbocycles. The monoisotopic (exact) mass is 371 g/mol. The number of amides is 1. The molecule has 0 aliphatic carbocycles. The first-order valence-electron chi connectivity index (χ1n) is 6.89. The third-order valence-electron chi connectivity index (χ3n) is 3.60. The Labute approximate surface area is 150 Å². The number of methoxy groups -OCH3 is 1. The average molecular weight is 373 g/mol. The van der Waals surface area contributed by atoms with Crippen molar-refractivity contribution in [2.45, 2.75) is 12.5 Å². The highest BCUT2D eigenvalue weighted by Crippen LogP contribution is 2.26. The molecule has 2 aromatic rings. The first kappa shape index (κ1) is 18.1. The number of hydrogen-bond donors (Lipinski definition) is 1. The summed E-state index contributed by atoms with van der Waals surface area (Å²) in [5, 5.41) is 4.27. The van der Waals surface area contributed by atoms with Gasteiger partial charge in [-0.15, -0.1) is 0 Å². The SMILES string of the molecule is COC(C)(CNC(=O)c1cc(Cl)cc(Cl)c1)c1cccc(Cl)c1. The standard InChI is InChI=1S/C17H16Cl3NO2/c1-17(23-2,12-4-3-5-13(18)8-12)10-21-16(22)11-6-14(19)9-15(20)7-11/h3-9H,10H2,1-2H3,(H,21,22). The molecule has 0 aromatic heterocycles. The second kappa shape index (κ2) is 7.54. The van der Waals surface area contributed by atoms with Gasteiger partial charge in [-0.05, 0) is 42.8 Å². The van der Waals surface area contributed by atoms with Gasteiger partial charge in [0.05, 0.1) is 6.54 Å². The fourth-order valence-electron chi connectivity index (χ4n) is 2.15. The van der Waals surface area contributed by atoms with Crippen LogP contribution in [0.1, 0.15) is 22.8 Å². The summed E-state index contributed by atoms with van der Waals surface area (Å²) < 4.78 is 5.59. The lowest BCUT2D eigenvalue weighted by Gasteiger charge is -2.29. The Hall–Kier alpha value is -1.26. The van der Waals surface area contributed by atoms with Crippen molar-refractivity contribution in [3.8, 4) is 0 Å². The third-order valence-corrected chi connectivity index (χ3v) is 4.27. The molecule has 0 heterocycles. The number of halogens is 3. The number of rotatable bonds is 5. The normalized spacial score (nSPS) is 13.4. The summed E-state index contributed by atoms with van der Waals surface area (Å²) in [6.45, 7) is 2.15. The van der Waals surface area contributed by atoms with Crippen molar-refractivity contribution >= 4 is 40.7 Å². The maximum Gasteiger partial charge on any atom is 0.251 e. The maximum atomic E-state index is 12.3. The predicted octanol–water partition coefficient (Wildman–Crippen LogP) is 4.94. The molecule has 0 aliphatic heterocycles. The van der Waals surface area contributed by atoms with Gasteiger partial charge in [-0.3, -0.25) is 4.79 Å². The van der Waals surface area contributed by atoms with Gasteiger partial charge in [-0.1, -0.05) is 46.9 Å². The van der Waals surface area contributed by atoms with Crippen molar-refractivity contribution < 1.29 is 9.53 Å². The van der Waals surface area contributed by atoms with Crippen LogP contribution in [0.25, 0.3) is 0 Å². The molecule has 2 rings (SSSR count). The minimum Gasteiger partial charge on any atom is -0.372 e. The van der Waals surface area contributed by atoms with Crippen LogP contribution in [0.3, 0.4) is 0 Å². The molecule has 0 saturated heterocycles. The molecule has 0 aliphatic rings. The van der Waals surface area contributed by atoms with Crippen LogP contribution in [0.2, 0.25) is 15.1 Å². The molecule has 1 amide bonds. The lowest BCUT2D eigenvalue weighted by molar-refractivity contribution is 0.00315. The summed E-state index contributed by atoms with van der Waals surface area (Å²) in [4.78, 5) is 12.3. The van der Waals surface area contributed by atoms with Crippen molar-refractivity contribution in [1.82, 2.24) is 5.32 Å². The molecule has 1 atom stereocenters. The largest absolute Gasteiger partial charge is 0.372 e. The van der Waals surface area contributed by atoms with E-state index in [4.69, 9.17) is 39.5 Å². The van der Waals surface area contributed by atoms with Gasteiger partial charge < -0.3 is 10.1 Å². The van der Waals surface area contributed by atoms with E-state index in [0.717, 1.165) is 5.56 Å². The minimum absolute atomic E-state index is 0.271. The second-order valence-corrected chi connectivity index (χ2v) is 6.60. The van der Waals surface area contributed by atoms with E-state index in [2.05, 4.69) is 5.32 Å². The van der Waals surface area contributed by atoms with Crippen molar-refractivity contribution in [2.24, 2.45) is 0 Å². The Balaban J connectivity index is 2.15. The fraction of sp³-hybridized carbons (Fsp3) is 0.235. The van der Waals surface area contributed by atoms with Crippen molar-refractivity contribution in [3.05, 3.63) is 68.7 Å². The zero-order valence-corrected chi connectivity index (χ0v) is 15.0. The quantitative estimate of drug-likeness (QED) is 0.807. The van der Waals surface area contributed by atoms with Crippen LogP contribution in [0, 0.1) is 0 Å². The summed E-state index contributed by atoms with van der Waals surface area (Å²) in [6, 6.07) is 12.0. The summed E-state index contributed by atoms with van der Waals surface area (Å²) in [6.07, 6.45) is 0. The Kier molecular flexibility index (Phi) is 5.93. The van der Waals surface area contributed by atoms with Gasteiger partial charge in [0.1, 0.15) is 5.60 Å². The smallest absolute Gasteiger partial charge is 0.251 e. The van der Waals surface area contributed by atoms with E-state index in [9.17, 15) is 4.79 Å². The van der Waals surface area contributed by atoms with Crippen LogP contribution >= 0.6 is 34.8 Å². The van der Waals surface area contributed by atoms with E-state index in [0.29, 0.717) is 20.6 Å². The van der Waals surface area contributed by atoms with Gasteiger partial charge in [0, 0.05) is 27.7 Å². The predicted molar refractivity (Wildman–Crippen MR) is 94.6 cm³/mol. The van der Waals surface area contributed by atoms with Gasteiger partial charge in [-0.2, -0.15) is 0 Å². The molecule has 0 fully saturated rings. The lowest BCUT2D eigenvalue weighted by Crippen LogP contribution is -2.40. The van der Waals surface area contributed by atoms with E-state index in [1.54, 1.807) is 31.4 Å². The summed E-state index contributed by atoms with van der Waals surface area (Å²) >= 11 is 17.9. The summed E-state index contributed by atoms with van der Waals surface area (Å²) in [5.74, 6) is -0.278. The van der Waals surface area contributed by atoms with Crippen LogP contribution in [0.4, 0.5) is 0 Å². The van der Waals surface area contributed by atoms with E-state index >= 15 is 0 Å². The van der Waals surface area contributed by atoms with Crippen LogP contribution in [-0.4, -0.2) is 19.6 Å². The Morgan fingerprint density at radius 2 is 1.74 bits per heavy atom. The molecule has 1 N–H and O–H groups in total. The molecule has 3 nitrogen and oxygen atoms in total. The Bertz CT molecular complexity index is 700. The number of carbonyl (C=O) groups excluding carboxylic acids is 1. The van der Waals surface area contributed by atoms with Crippen LogP contribution in [-0.2, 0) is 10.3 Å². The van der Waals surface area contributed by atoms with Gasteiger partial charge in [-0.25, -0.2) is 0 Å². The average Bonchev–Trinajstić information content (AvgIpc) is 2.51. The topological polar surface area (TPSA) is 38.3 Å². The molecule has 0 bridgehead atoms. The van der Waals surface area contributed by atoms with Crippen LogP contribution < -0.4 is 5.32 Å². The number of carbonyl (C=O) groups is 1. The Morgan fingerprint density at radius 3 is 2.30 bits per heavy atom. The van der Waals surface area contributed by atoms with Gasteiger partial charge in [0.25, 0.3) is 5.91 Å². The highest BCUT2D eigenvalue weighted by molar-refractivity contribution is 6.35. The molecule has 122 valence electrons. The molecular weight excluding hydrogens is 357 g/mol. The molecule has 0 saturated carbocycles. The zero-order valence-electron chi connectivity index (χ0n) is 12.7. The highest BCUT2D eigenvalue weighted by atomic mass is 35.5. The first-order valence-corrected chi connectivity index (χ1v) is 8.03. The van der Waals surface area contributed by atoms with E-state index in [1.807, 2.05) is 25.1 Å². The van der Waals surface area contributed by atoms with Crippen molar-refractivity contribution in [3.63, 3.8) is 0 Å². The second-order valence-electron chi connectivity index (χ2n) is 5.29. The van der Waals surface area contributed by atoms with Gasteiger partial charge >= 0.3 is 0 Å². The van der Waals surface area contributed by atoms with Crippen LogP contribution in [0.5, 0.6) is 0 Å². The zero-order chi connectivity index (χ0) is 17.0. The maximum absolute atomic E-state index is 12.3. The van der Waals surface area contributed by atoms with E-state index in [1.165, 1.54) is 0 Å². The molecule has 0 radical (unpaired) electrons. The fourth-order valence-corrected chi connectivity index (χ4v) is 2.86. The highest BCUT2D eigenvalue weighted by Gasteiger charge is 2.27. The minimum atomic E-state index is -0.705.